The average molecular weight is 366 g/mol. The summed E-state index contributed by atoms with van der Waals surface area (Å²) in [4.78, 5) is 6.60. The molecule has 121 valence electrons. The molecular weight excluding hydrogens is 344 g/mol. The van der Waals surface area contributed by atoms with E-state index in [1.54, 1.807) is 6.20 Å². The minimum absolute atomic E-state index is 0. The second kappa shape index (κ2) is 8.04. The first-order chi connectivity index (χ1) is 10.2. The number of hydrogen-bond acceptors (Lipinski definition) is 3. The van der Waals surface area contributed by atoms with Crippen molar-refractivity contribution < 1.29 is 17.1 Å². The topological polar surface area (TPSA) is 40.5 Å². The van der Waals surface area contributed by atoms with Crippen molar-refractivity contribution in [2.45, 2.75) is 32.6 Å². The molecule has 4 nitrogen and oxygen atoms in total. The molecule has 0 spiro atoms. The van der Waals surface area contributed by atoms with Crippen molar-refractivity contribution in [1.82, 2.24) is 15.3 Å². The Balaban J connectivity index is 0.00000176. The molecule has 0 atom stereocenters. The average Bonchev–Trinajstić information content (AvgIpc) is 2.87. The summed E-state index contributed by atoms with van der Waals surface area (Å²) in [6, 6.07) is 5.82. The number of nitrogens with one attached hydrogen (secondary N) is 1. The van der Waals surface area contributed by atoms with Crippen LogP contribution in [0.1, 0.15) is 38.3 Å². The van der Waals surface area contributed by atoms with Gasteiger partial charge in [0.25, 0.3) is 0 Å². The summed E-state index contributed by atoms with van der Waals surface area (Å²) in [5.41, 5.74) is 4.79. The zero-order valence-corrected chi connectivity index (χ0v) is 14.5. The first kappa shape index (κ1) is 17.4. The van der Waals surface area contributed by atoms with Crippen LogP contribution < -0.4 is 5.43 Å². The van der Waals surface area contributed by atoms with Crippen LogP contribution in [0.4, 0.5) is 0 Å². The van der Waals surface area contributed by atoms with Crippen LogP contribution in [0.25, 0.3) is 0 Å². The number of hydrazone groups is 1. The molecule has 0 unspecified atom stereocenters. The summed E-state index contributed by atoms with van der Waals surface area (Å²) in [6.45, 7) is 4.12. The number of fused-ring (bicyclic) bond motifs is 4. The van der Waals surface area contributed by atoms with Crippen LogP contribution in [-0.4, -0.2) is 33.8 Å². The molecule has 22 heavy (non-hydrogen) atoms. The van der Waals surface area contributed by atoms with E-state index in [-0.39, 0.29) is 17.1 Å². The van der Waals surface area contributed by atoms with Crippen LogP contribution in [0.5, 0.6) is 0 Å². The molecule has 0 amide bonds. The van der Waals surface area contributed by atoms with Gasteiger partial charge in [0, 0.05) is 19.3 Å². The van der Waals surface area contributed by atoms with Crippen molar-refractivity contribution in [3.05, 3.63) is 30.1 Å². The normalized spacial score (nSPS) is 24.4. The molecular formula is C16H22CuN4S+2. The van der Waals surface area contributed by atoms with Crippen LogP contribution in [0.15, 0.2) is 29.5 Å². The third-order valence-electron chi connectivity index (χ3n) is 4.57. The maximum Gasteiger partial charge on any atom is 2.00 e. The van der Waals surface area contributed by atoms with Gasteiger partial charge in [-0.25, -0.2) is 0 Å². The van der Waals surface area contributed by atoms with Gasteiger partial charge in [-0.1, -0.05) is 6.07 Å². The Kier molecular flexibility index (Phi) is 6.36. The van der Waals surface area contributed by atoms with Crippen LogP contribution in [0, 0.1) is 11.8 Å². The zero-order valence-electron chi connectivity index (χ0n) is 12.8. The van der Waals surface area contributed by atoms with E-state index in [4.69, 9.17) is 12.2 Å². The molecule has 2 aliphatic heterocycles. The van der Waals surface area contributed by atoms with Gasteiger partial charge in [-0.3, -0.25) is 10.4 Å². The number of thiocarbonyl (C=S) groups is 1. The Hall–Kier alpha value is -0.971. The maximum absolute atomic E-state index is 5.52. The van der Waals surface area contributed by atoms with Gasteiger partial charge < -0.3 is 4.90 Å². The summed E-state index contributed by atoms with van der Waals surface area (Å²) >= 11 is 5.52. The minimum Gasteiger partial charge on any atom is -0.347 e. The summed E-state index contributed by atoms with van der Waals surface area (Å²) < 4.78 is 0. The van der Waals surface area contributed by atoms with Crippen molar-refractivity contribution in [2.24, 2.45) is 16.9 Å². The third-order valence-corrected chi connectivity index (χ3v) is 4.92. The fourth-order valence-electron chi connectivity index (χ4n) is 3.30. The van der Waals surface area contributed by atoms with Gasteiger partial charge in [0.15, 0.2) is 5.11 Å². The van der Waals surface area contributed by atoms with Crippen LogP contribution in [-0.2, 0) is 17.1 Å². The minimum atomic E-state index is 0. The molecule has 4 rings (SSSR count). The van der Waals surface area contributed by atoms with Crippen molar-refractivity contribution in [3.63, 3.8) is 0 Å². The molecule has 1 aromatic rings. The maximum atomic E-state index is 5.52. The van der Waals surface area contributed by atoms with Gasteiger partial charge in [-0.15, -0.1) is 0 Å². The van der Waals surface area contributed by atoms with E-state index in [1.807, 2.05) is 25.1 Å². The van der Waals surface area contributed by atoms with Crippen LogP contribution in [0.3, 0.4) is 0 Å². The second-order valence-electron chi connectivity index (χ2n) is 6.12. The Morgan fingerprint density at radius 1 is 1.23 bits per heavy atom. The number of aromatic nitrogens is 1. The smallest absolute Gasteiger partial charge is 0.347 e. The van der Waals surface area contributed by atoms with E-state index >= 15 is 0 Å². The predicted molar refractivity (Wildman–Crippen MR) is 89.2 cm³/mol. The van der Waals surface area contributed by atoms with Crippen molar-refractivity contribution in [1.29, 1.82) is 0 Å². The fraction of sp³-hybridized carbons (Fsp3) is 0.562. The standard InChI is InChI=1S/C16H22N4S.Cu/c1-12(15-4-2-3-9-17-15)18-19-16(21)20-10-13-5-6-14(11-20)8-7-13;/h2-4,9,13-14H,5-8,10-11H2,1H3,(H,19,21);/q;+2/b18-12+;. The van der Waals surface area contributed by atoms with E-state index in [9.17, 15) is 0 Å². The largest absolute Gasteiger partial charge is 2.00 e. The fourth-order valence-corrected chi connectivity index (χ4v) is 3.49. The second-order valence-corrected chi connectivity index (χ2v) is 6.51. The monoisotopic (exact) mass is 365 g/mol. The van der Waals surface area contributed by atoms with Crippen molar-refractivity contribution >= 4 is 23.0 Å². The summed E-state index contributed by atoms with van der Waals surface area (Å²) in [7, 11) is 0. The van der Waals surface area contributed by atoms with Gasteiger partial charge in [0.2, 0.25) is 0 Å². The molecule has 1 radical (unpaired) electrons. The number of hydrogen-bond donors (Lipinski definition) is 1. The molecule has 1 aromatic heterocycles. The third kappa shape index (κ3) is 4.28. The molecule has 6 heteroatoms. The molecule has 3 fully saturated rings. The van der Waals surface area contributed by atoms with Gasteiger partial charge >= 0.3 is 17.1 Å². The van der Waals surface area contributed by atoms with Gasteiger partial charge in [0.05, 0.1) is 11.4 Å². The van der Waals surface area contributed by atoms with Crippen molar-refractivity contribution in [3.8, 4) is 0 Å². The first-order valence-electron chi connectivity index (χ1n) is 7.73. The van der Waals surface area contributed by atoms with Gasteiger partial charge in [0.1, 0.15) is 0 Å². The SMILES string of the molecule is C/C(=N\NC(=S)N1CC2CCC(CC2)C1)c1ccccn1.[Cu+2]. The van der Waals surface area contributed by atoms with E-state index in [1.165, 1.54) is 25.7 Å². The summed E-state index contributed by atoms with van der Waals surface area (Å²) in [6.07, 6.45) is 7.22. The number of rotatable bonds is 2. The summed E-state index contributed by atoms with van der Waals surface area (Å²) in [5, 5.41) is 5.15. The Morgan fingerprint density at radius 2 is 1.86 bits per heavy atom. The molecule has 2 bridgehead atoms. The van der Waals surface area contributed by atoms with E-state index in [2.05, 4.69) is 20.4 Å². The molecule has 1 aliphatic carbocycles. The number of nitrogens with zero attached hydrogens (tertiary/aromatic N) is 3. The molecule has 3 aliphatic rings. The molecule has 2 saturated heterocycles. The quantitative estimate of drug-likeness (QED) is 0.378. The Labute approximate surface area is 148 Å². The van der Waals surface area contributed by atoms with Crippen LogP contribution in [0.2, 0.25) is 0 Å². The first-order valence-corrected chi connectivity index (χ1v) is 8.14. The Bertz CT molecular complexity index is 512. The predicted octanol–water partition coefficient (Wildman–Crippen LogP) is 2.80. The van der Waals surface area contributed by atoms with E-state index in [0.29, 0.717) is 0 Å². The summed E-state index contributed by atoms with van der Waals surface area (Å²) in [5.74, 6) is 1.62. The molecule has 1 N–H and O–H groups in total. The van der Waals surface area contributed by atoms with E-state index in [0.717, 1.165) is 41.4 Å². The Morgan fingerprint density at radius 3 is 2.41 bits per heavy atom. The van der Waals surface area contributed by atoms with Crippen molar-refractivity contribution in [2.75, 3.05) is 13.1 Å². The molecule has 0 aromatic carbocycles. The molecule has 1 saturated carbocycles. The van der Waals surface area contributed by atoms with Gasteiger partial charge in [-0.2, -0.15) is 5.10 Å². The van der Waals surface area contributed by atoms with E-state index < -0.39 is 0 Å². The number of pyridine rings is 1. The van der Waals surface area contributed by atoms with Gasteiger partial charge in [-0.05, 0) is 68.8 Å². The molecule has 3 heterocycles. The zero-order chi connectivity index (χ0) is 14.7. The van der Waals surface area contributed by atoms with Crippen LogP contribution >= 0.6 is 12.2 Å².